The summed E-state index contributed by atoms with van der Waals surface area (Å²) in [6.07, 6.45) is 1.66. The highest BCUT2D eigenvalue weighted by Gasteiger charge is 2.32. The lowest BCUT2D eigenvalue weighted by Crippen LogP contribution is -2.44. The molecule has 0 unspecified atom stereocenters. The van der Waals surface area contributed by atoms with E-state index in [1.807, 2.05) is 54.3 Å². The number of aromatic nitrogens is 3. The van der Waals surface area contributed by atoms with Crippen LogP contribution in [-0.2, 0) is 6.42 Å². The van der Waals surface area contributed by atoms with Gasteiger partial charge in [-0.15, -0.1) is 0 Å². The van der Waals surface area contributed by atoms with E-state index in [0.717, 1.165) is 24.2 Å². The van der Waals surface area contributed by atoms with Crippen molar-refractivity contribution in [1.29, 1.82) is 0 Å². The van der Waals surface area contributed by atoms with E-state index in [-0.39, 0.29) is 24.3 Å². The molecule has 2 aromatic carbocycles. The van der Waals surface area contributed by atoms with Gasteiger partial charge in [-0.1, -0.05) is 49.4 Å². The van der Waals surface area contributed by atoms with Gasteiger partial charge in [-0.25, -0.2) is 4.98 Å². The minimum Gasteiger partial charge on any atom is -0.396 e. The van der Waals surface area contributed by atoms with Crippen molar-refractivity contribution in [1.82, 2.24) is 20.1 Å². The van der Waals surface area contributed by atoms with Gasteiger partial charge >= 0.3 is 0 Å². The van der Waals surface area contributed by atoms with E-state index in [2.05, 4.69) is 27.3 Å². The maximum atomic E-state index is 13.0. The predicted octanol–water partition coefficient (Wildman–Crippen LogP) is 3.27. The topological polar surface area (TPSA) is 82.1 Å². The molecule has 1 aromatic heterocycles. The summed E-state index contributed by atoms with van der Waals surface area (Å²) in [5, 5.41) is 17.1. The SMILES string of the molecule is CCc1nc(-c2ccc(C(=O)N3CC[C@@H](c4ccccc4)[C@@H](CO)C3)cc2)n[nH]1. The second-order valence-corrected chi connectivity index (χ2v) is 7.54. The summed E-state index contributed by atoms with van der Waals surface area (Å²) in [6, 6.07) is 17.7. The Morgan fingerprint density at radius 2 is 1.93 bits per heavy atom. The number of benzene rings is 2. The van der Waals surface area contributed by atoms with Crippen molar-refractivity contribution < 1.29 is 9.90 Å². The Hall–Kier alpha value is -2.99. The molecule has 0 bridgehead atoms. The molecule has 0 aliphatic carbocycles. The Balaban J connectivity index is 1.45. The van der Waals surface area contributed by atoms with E-state index in [1.54, 1.807) is 0 Å². The number of carbonyl (C=O) groups excluding carboxylic acids is 1. The number of aliphatic hydroxyl groups is 1. The second-order valence-electron chi connectivity index (χ2n) is 7.54. The van der Waals surface area contributed by atoms with Crippen molar-refractivity contribution in [2.75, 3.05) is 19.7 Å². The summed E-state index contributed by atoms with van der Waals surface area (Å²) in [5.74, 6) is 1.83. The molecule has 1 fully saturated rings. The average molecular weight is 390 g/mol. The number of H-pyrrole nitrogens is 1. The van der Waals surface area contributed by atoms with Crippen LogP contribution in [0.1, 0.15) is 41.0 Å². The third kappa shape index (κ3) is 4.07. The Labute approximate surface area is 170 Å². The van der Waals surface area contributed by atoms with Crippen molar-refractivity contribution in [3.8, 4) is 11.4 Å². The summed E-state index contributed by atoms with van der Waals surface area (Å²) in [7, 11) is 0. The first-order chi connectivity index (χ1) is 14.2. The molecular weight excluding hydrogens is 364 g/mol. The maximum Gasteiger partial charge on any atom is 0.253 e. The Kier molecular flexibility index (Phi) is 5.71. The molecule has 150 valence electrons. The lowest BCUT2D eigenvalue weighted by molar-refractivity contribution is 0.0578. The number of carbonyl (C=O) groups is 1. The first-order valence-electron chi connectivity index (χ1n) is 10.2. The number of rotatable bonds is 5. The molecule has 4 rings (SSSR count). The van der Waals surface area contributed by atoms with Crippen LogP contribution < -0.4 is 0 Å². The molecule has 2 N–H and O–H groups in total. The molecule has 0 spiro atoms. The quantitative estimate of drug-likeness (QED) is 0.700. The van der Waals surface area contributed by atoms with Crippen LogP contribution in [0.25, 0.3) is 11.4 Å². The van der Waals surface area contributed by atoms with E-state index in [1.165, 1.54) is 5.56 Å². The van der Waals surface area contributed by atoms with Gasteiger partial charge in [-0.05, 0) is 30.0 Å². The zero-order valence-electron chi connectivity index (χ0n) is 16.6. The lowest BCUT2D eigenvalue weighted by Gasteiger charge is -2.38. The minimum atomic E-state index is 0.00532. The van der Waals surface area contributed by atoms with Crippen LogP contribution in [0.2, 0.25) is 0 Å². The Bertz CT molecular complexity index is 953. The number of nitrogens with zero attached hydrogens (tertiary/aromatic N) is 3. The average Bonchev–Trinajstić information content (AvgIpc) is 3.28. The first-order valence-corrected chi connectivity index (χ1v) is 10.2. The Morgan fingerprint density at radius 1 is 1.17 bits per heavy atom. The summed E-state index contributed by atoms with van der Waals surface area (Å²) >= 11 is 0. The fourth-order valence-corrected chi connectivity index (χ4v) is 4.07. The fourth-order valence-electron chi connectivity index (χ4n) is 4.07. The smallest absolute Gasteiger partial charge is 0.253 e. The minimum absolute atomic E-state index is 0.00532. The highest BCUT2D eigenvalue weighted by atomic mass is 16.3. The standard InChI is InChI=1S/C23H26N4O2/c1-2-21-24-22(26-25-21)17-8-10-18(11-9-17)23(29)27-13-12-20(19(14-27)15-28)16-6-4-3-5-7-16/h3-11,19-20,28H,2,12-15H2,1H3,(H,24,25,26)/t19-,20+/m1/s1. The fraction of sp³-hybridized carbons (Fsp3) is 0.348. The van der Waals surface area contributed by atoms with E-state index >= 15 is 0 Å². The number of hydrogen-bond donors (Lipinski definition) is 2. The van der Waals surface area contributed by atoms with E-state index in [4.69, 9.17) is 0 Å². The molecule has 2 atom stereocenters. The maximum absolute atomic E-state index is 13.0. The lowest BCUT2D eigenvalue weighted by atomic mass is 9.80. The van der Waals surface area contributed by atoms with E-state index in [9.17, 15) is 9.90 Å². The van der Waals surface area contributed by atoms with E-state index in [0.29, 0.717) is 24.5 Å². The van der Waals surface area contributed by atoms with Gasteiger partial charge < -0.3 is 10.0 Å². The molecule has 0 radical (unpaired) electrons. The van der Waals surface area contributed by atoms with Crippen LogP contribution in [0.5, 0.6) is 0 Å². The normalized spacial score (nSPS) is 19.3. The zero-order chi connectivity index (χ0) is 20.2. The van der Waals surface area contributed by atoms with Crippen molar-refractivity contribution >= 4 is 5.91 Å². The number of hydrogen-bond acceptors (Lipinski definition) is 4. The highest BCUT2D eigenvalue weighted by Crippen LogP contribution is 2.33. The summed E-state index contributed by atoms with van der Waals surface area (Å²) in [5.41, 5.74) is 2.77. The largest absolute Gasteiger partial charge is 0.396 e. The molecule has 0 saturated carbocycles. The van der Waals surface area contributed by atoms with Crippen LogP contribution in [0.4, 0.5) is 0 Å². The molecule has 6 heteroatoms. The van der Waals surface area contributed by atoms with Crippen molar-refractivity contribution in [3.63, 3.8) is 0 Å². The van der Waals surface area contributed by atoms with Crippen molar-refractivity contribution in [3.05, 3.63) is 71.5 Å². The Morgan fingerprint density at radius 3 is 2.59 bits per heavy atom. The van der Waals surface area contributed by atoms with Crippen LogP contribution in [0, 0.1) is 5.92 Å². The van der Waals surface area contributed by atoms with Crippen LogP contribution >= 0.6 is 0 Å². The number of likely N-dealkylation sites (tertiary alicyclic amines) is 1. The molecule has 1 saturated heterocycles. The van der Waals surface area contributed by atoms with Gasteiger partial charge in [0.15, 0.2) is 5.82 Å². The first kappa shape index (κ1) is 19.3. The zero-order valence-corrected chi connectivity index (χ0v) is 16.6. The summed E-state index contributed by atoms with van der Waals surface area (Å²) in [6.45, 7) is 3.36. The molecular formula is C23H26N4O2. The van der Waals surface area contributed by atoms with Gasteiger partial charge in [-0.2, -0.15) is 5.10 Å². The number of nitrogens with one attached hydrogen (secondary N) is 1. The monoisotopic (exact) mass is 390 g/mol. The van der Waals surface area contributed by atoms with Crippen LogP contribution in [-0.4, -0.2) is 50.8 Å². The van der Waals surface area contributed by atoms with Crippen LogP contribution in [0.3, 0.4) is 0 Å². The second kappa shape index (κ2) is 8.57. The number of aromatic amines is 1. The molecule has 1 aliphatic heterocycles. The van der Waals surface area contributed by atoms with Gasteiger partial charge in [0.1, 0.15) is 5.82 Å². The van der Waals surface area contributed by atoms with Gasteiger partial charge in [-0.3, -0.25) is 9.89 Å². The number of aliphatic hydroxyl groups excluding tert-OH is 1. The predicted molar refractivity (Wildman–Crippen MR) is 111 cm³/mol. The van der Waals surface area contributed by atoms with Crippen molar-refractivity contribution in [2.24, 2.45) is 5.92 Å². The van der Waals surface area contributed by atoms with Gasteiger partial charge in [0.2, 0.25) is 0 Å². The molecule has 6 nitrogen and oxygen atoms in total. The van der Waals surface area contributed by atoms with Gasteiger partial charge in [0.25, 0.3) is 5.91 Å². The van der Waals surface area contributed by atoms with Gasteiger partial charge in [0.05, 0.1) is 0 Å². The number of piperidine rings is 1. The molecule has 3 aromatic rings. The van der Waals surface area contributed by atoms with E-state index < -0.39 is 0 Å². The van der Waals surface area contributed by atoms with Crippen molar-refractivity contribution in [2.45, 2.75) is 25.7 Å². The molecule has 29 heavy (non-hydrogen) atoms. The third-order valence-corrected chi connectivity index (χ3v) is 5.74. The molecule has 1 amide bonds. The van der Waals surface area contributed by atoms with Gasteiger partial charge in [0, 0.05) is 43.2 Å². The van der Waals surface area contributed by atoms with Crippen LogP contribution in [0.15, 0.2) is 54.6 Å². The summed E-state index contributed by atoms with van der Waals surface area (Å²) < 4.78 is 0. The molecule has 1 aliphatic rings. The third-order valence-electron chi connectivity index (χ3n) is 5.74. The number of amides is 1. The highest BCUT2D eigenvalue weighted by molar-refractivity contribution is 5.94. The number of aryl methyl sites for hydroxylation is 1. The molecule has 2 heterocycles. The summed E-state index contributed by atoms with van der Waals surface area (Å²) in [4.78, 5) is 19.3.